The quantitative estimate of drug-likeness (QED) is 0.510. The summed E-state index contributed by atoms with van der Waals surface area (Å²) in [6.07, 6.45) is 2.98. The van der Waals surface area contributed by atoms with Gasteiger partial charge in [-0.2, -0.15) is 5.10 Å². The SMILES string of the molecule is CC.CC.Fc1cccc(CCc2nnc(-c3ccc4[nH]ncc4c3)o2)c1. The Morgan fingerprint density at radius 1 is 0.963 bits per heavy atom. The summed E-state index contributed by atoms with van der Waals surface area (Å²) < 4.78 is 18.9. The molecule has 4 aromatic rings. The zero-order valence-corrected chi connectivity index (χ0v) is 16.2. The van der Waals surface area contributed by atoms with Crippen LogP contribution in [0.25, 0.3) is 22.4 Å². The maximum atomic E-state index is 13.2. The molecule has 0 aliphatic carbocycles. The number of aromatic nitrogens is 4. The molecular weight excluding hydrogens is 343 g/mol. The van der Waals surface area contributed by atoms with Crippen LogP contribution in [0.4, 0.5) is 4.39 Å². The summed E-state index contributed by atoms with van der Waals surface area (Å²) in [5.41, 5.74) is 2.72. The number of hydrogen-bond acceptors (Lipinski definition) is 4. The summed E-state index contributed by atoms with van der Waals surface area (Å²) in [5.74, 6) is 0.779. The highest BCUT2D eigenvalue weighted by molar-refractivity contribution is 5.82. The zero-order chi connectivity index (χ0) is 19.6. The number of fused-ring (bicyclic) bond motifs is 1. The van der Waals surface area contributed by atoms with Gasteiger partial charge in [0.25, 0.3) is 0 Å². The van der Waals surface area contributed by atoms with Crippen LogP contribution in [0.5, 0.6) is 0 Å². The van der Waals surface area contributed by atoms with Crippen LogP contribution < -0.4 is 0 Å². The van der Waals surface area contributed by atoms with Crippen molar-refractivity contribution in [2.75, 3.05) is 0 Å². The van der Waals surface area contributed by atoms with Gasteiger partial charge in [0.1, 0.15) is 5.82 Å². The Balaban J connectivity index is 0.000000614. The zero-order valence-electron chi connectivity index (χ0n) is 16.2. The van der Waals surface area contributed by atoms with Crippen LogP contribution in [0.15, 0.2) is 53.1 Å². The topological polar surface area (TPSA) is 67.6 Å². The minimum absolute atomic E-state index is 0.234. The van der Waals surface area contributed by atoms with E-state index in [9.17, 15) is 4.39 Å². The van der Waals surface area contributed by atoms with Gasteiger partial charge in [0.2, 0.25) is 11.8 Å². The maximum absolute atomic E-state index is 13.2. The van der Waals surface area contributed by atoms with E-state index in [-0.39, 0.29) is 5.82 Å². The number of aromatic amines is 1. The first kappa shape index (κ1) is 20.3. The number of H-pyrrole nitrogens is 1. The first-order valence-corrected chi connectivity index (χ1v) is 9.28. The summed E-state index contributed by atoms with van der Waals surface area (Å²) in [4.78, 5) is 0. The smallest absolute Gasteiger partial charge is 0.247 e. The van der Waals surface area contributed by atoms with Gasteiger partial charge in [0, 0.05) is 17.4 Å². The van der Waals surface area contributed by atoms with Crippen molar-refractivity contribution in [1.82, 2.24) is 20.4 Å². The minimum atomic E-state index is -0.234. The Kier molecular flexibility index (Phi) is 7.67. The van der Waals surface area contributed by atoms with E-state index in [1.54, 1.807) is 12.3 Å². The Bertz CT molecular complexity index is 961. The monoisotopic (exact) mass is 368 g/mol. The normalized spacial score (nSPS) is 9.96. The molecule has 0 amide bonds. The highest BCUT2D eigenvalue weighted by Gasteiger charge is 2.10. The number of nitrogens with zero attached hydrogens (tertiary/aromatic N) is 3. The van der Waals surface area contributed by atoms with Crippen molar-refractivity contribution in [2.24, 2.45) is 0 Å². The van der Waals surface area contributed by atoms with Crippen LogP contribution in [0.3, 0.4) is 0 Å². The van der Waals surface area contributed by atoms with Gasteiger partial charge in [-0.25, -0.2) is 4.39 Å². The van der Waals surface area contributed by atoms with E-state index in [1.807, 2.05) is 52.0 Å². The number of aryl methyl sites for hydroxylation is 2. The van der Waals surface area contributed by atoms with Crippen LogP contribution >= 0.6 is 0 Å². The molecule has 6 heteroatoms. The Morgan fingerprint density at radius 2 is 1.78 bits per heavy atom. The van der Waals surface area contributed by atoms with Crippen molar-refractivity contribution in [2.45, 2.75) is 40.5 Å². The fourth-order valence-corrected chi connectivity index (χ4v) is 2.49. The molecule has 0 radical (unpaired) electrons. The van der Waals surface area contributed by atoms with E-state index >= 15 is 0 Å². The second-order valence-electron chi connectivity index (χ2n) is 5.30. The Morgan fingerprint density at radius 3 is 2.56 bits per heavy atom. The number of halogens is 1. The molecule has 0 spiro atoms. The predicted molar refractivity (Wildman–Crippen MR) is 106 cm³/mol. The molecular formula is C21H25FN4O. The summed E-state index contributed by atoms with van der Waals surface area (Å²) in [6.45, 7) is 8.00. The van der Waals surface area contributed by atoms with Crippen molar-refractivity contribution in [1.29, 1.82) is 0 Å². The summed E-state index contributed by atoms with van der Waals surface area (Å²) in [6, 6.07) is 12.3. The highest BCUT2D eigenvalue weighted by atomic mass is 19.1. The van der Waals surface area contributed by atoms with E-state index in [2.05, 4.69) is 20.4 Å². The Hall–Kier alpha value is -3.02. The molecule has 0 bridgehead atoms. The van der Waals surface area contributed by atoms with Crippen molar-refractivity contribution in [3.8, 4) is 11.5 Å². The van der Waals surface area contributed by atoms with Gasteiger partial charge in [-0.15, -0.1) is 10.2 Å². The van der Waals surface area contributed by atoms with E-state index in [4.69, 9.17) is 4.42 Å². The standard InChI is InChI=1S/C17H13FN4O.2C2H6/c18-14-3-1-2-11(8-14)4-7-16-21-22-17(23-16)12-5-6-15-13(9-12)10-19-20-15;2*1-2/h1-3,5-6,8-10H,4,7H2,(H,19,20);2*1-2H3. The average molecular weight is 368 g/mol. The van der Waals surface area contributed by atoms with Crippen LogP contribution in [0, 0.1) is 5.82 Å². The van der Waals surface area contributed by atoms with Crippen LogP contribution in [-0.2, 0) is 12.8 Å². The van der Waals surface area contributed by atoms with Gasteiger partial charge < -0.3 is 4.42 Å². The number of nitrogens with one attached hydrogen (secondary N) is 1. The molecule has 27 heavy (non-hydrogen) atoms. The molecule has 5 nitrogen and oxygen atoms in total. The molecule has 2 aromatic carbocycles. The van der Waals surface area contributed by atoms with E-state index < -0.39 is 0 Å². The van der Waals surface area contributed by atoms with Crippen LogP contribution in [0.1, 0.15) is 39.1 Å². The van der Waals surface area contributed by atoms with Crippen molar-refractivity contribution >= 4 is 10.9 Å². The third-order valence-electron chi connectivity index (χ3n) is 3.67. The molecule has 0 atom stereocenters. The van der Waals surface area contributed by atoms with Crippen molar-refractivity contribution in [3.63, 3.8) is 0 Å². The number of rotatable bonds is 4. The predicted octanol–water partition coefficient (Wildman–Crippen LogP) is 5.59. The lowest BCUT2D eigenvalue weighted by Gasteiger charge is -1.98. The summed E-state index contributed by atoms with van der Waals surface area (Å²) in [5, 5.41) is 16.0. The fourth-order valence-electron chi connectivity index (χ4n) is 2.49. The van der Waals surface area contributed by atoms with Crippen LogP contribution in [-0.4, -0.2) is 20.4 Å². The van der Waals surface area contributed by atoms with E-state index in [1.165, 1.54) is 12.1 Å². The largest absolute Gasteiger partial charge is 0.421 e. The van der Waals surface area contributed by atoms with Gasteiger partial charge in [0.05, 0.1) is 11.7 Å². The lowest BCUT2D eigenvalue weighted by Crippen LogP contribution is -1.92. The van der Waals surface area contributed by atoms with Gasteiger partial charge >= 0.3 is 0 Å². The molecule has 0 saturated heterocycles. The third kappa shape index (κ3) is 5.23. The molecule has 0 aliphatic heterocycles. The van der Waals surface area contributed by atoms with E-state index in [0.717, 1.165) is 22.0 Å². The third-order valence-corrected chi connectivity index (χ3v) is 3.67. The number of hydrogen-bond donors (Lipinski definition) is 1. The highest BCUT2D eigenvalue weighted by Crippen LogP contribution is 2.22. The first-order chi connectivity index (χ1) is 13.3. The molecule has 0 fully saturated rings. The van der Waals surface area contributed by atoms with E-state index in [0.29, 0.717) is 24.6 Å². The summed E-state index contributed by atoms with van der Waals surface area (Å²) in [7, 11) is 0. The van der Waals surface area contributed by atoms with Gasteiger partial charge in [-0.1, -0.05) is 39.8 Å². The van der Waals surface area contributed by atoms with Gasteiger partial charge in [-0.05, 0) is 42.3 Å². The molecule has 2 heterocycles. The van der Waals surface area contributed by atoms with Crippen molar-refractivity contribution in [3.05, 3.63) is 65.9 Å². The summed E-state index contributed by atoms with van der Waals surface area (Å²) >= 11 is 0. The second kappa shape index (κ2) is 10.2. The minimum Gasteiger partial charge on any atom is -0.421 e. The van der Waals surface area contributed by atoms with Crippen molar-refractivity contribution < 1.29 is 8.81 Å². The lowest BCUT2D eigenvalue weighted by atomic mass is 10.1. The molecule has 142 valence electrons. The molecule has 0 unspecified atom stereocenters. The van der Waals surface area contributed by atoms with Gasteiger partial charge in [0.15, 0.2) is 0 Å². The molecule has 1 N–H and O–H groups in total. The first-order valence-electron chi connectivity index (χ1n) is 9.28. The second-order valence-corrected chi connectivity index (χ2v) is 5.30. The fraction of sp³-hybridized carbons (Fsp3) is 0.286. The molecule has 0 saturated carbocycles. The lowest BCUT2D eigenvalue weighted by molar-refractivity contribution is 0.504. The van der Waals surface area contributed by atoms with Gasteiger partial charge in [-0.3, -0.25) is 5.10 Å². The molecule has 2 aromatic heterocycles. The average Bonchev–Trinajstić information content (AvgIpc) is 3.38. The molecule has 0 aliphatic rings. The number of benzene rings is 2. The van der Waals surface area contributed by atoms with Crippen LogP contribution in [0.2, 0.25) is 0 Å². The Labute approximate surface area is 158 Å². The maximum Gasteiger partial charge on any atom is 0.247 e. The molecule has 4 rings (SSSR count).